The summed E-state index contributed by atoms with van der Waals surface area (Å²) in [5.74, 6) is -0.0177. The highest BCUT2D eigenvalue weighted by Crippen LogP contribution is 2.23. The molecule has 1 amide bonds. The van der Waals surface area contributed by atoms with E-state index in [4.69, 9.17) is 5.26 Å². The Morgan fingerprint density at radius 2 is 2.04 bits per heavy atom. The third-order valence-corrected chi connectivity index (χ3v) is 6.17. The zero-order valence-corrected chi connectivity index (χ0v) is 15.0. The van der Waals surface area contributed by atoms with E-state index in [0.29, 0.717) is 28.9 Å². The molecule has 2 aromatic rings. The fourth-order valence-corrected chi connectivity index (χ4v) is 4.64. The minimum Gasteiger partial charge on any atom is -0.369 e. The maximum Gasteiger partial charge on any atom is 0.257 e. The summed E-state index contributed by atoms with van der Waals surface area (Å²) in [5.41, 5.74) is 2.16. The third-order valence-electron chi connectivity index (χ3n) is 4.42. The predicted octanol–water partition coefficient (Wildman–Crippen LogP) is 1.83. The third kappa shape index (κ3) is 4.00. The molecule has 2 heterocycles. The van der Waals surface area contributed by atoms with Crippen molar-refractivity contribution in [1.82, 2.24) is 4.98 Å². The Kier molecular flexibility index (Phi) is 4.91. The molecule has 0 radical (unpaired) electrons. The van der Waals surface area contributed by atoms with E-state index in [1.807, 2.05) is 18.0 Å². The van der Waals surface area contributed by atoms with Crippen LogP contribution in [0.3, 0.4) is 0 Å². The lowest BCUT2D eigenvalue weighted by Crippen LogP contribution is -2.32. The molecule has 1 aromatic carbocycles. The van der Waals surface area contributed by atoms with Crippen LogP contribution < -0.4 is 10.2 Å². The van der Waals surface area contributed by atoms with Crippen molar-refractivity contribution in [1.29, 1.82) is 5.26 Å². The molecule has 1 atom stereocenters. The number of carbonyl (C=O) groups excluding carboxylic acids is 1. The van der Waals surface area contributed by atoms with Gasteiger partial charge in [-0.05, 0) is 36.8 Å². The van der Waals surface area contributed by atoms with Crippen molar-refractivity contribution in [2.24, 2.45) is 0 Å². The number of amides is 1. The highest BCUT2D eigenvalue weighted by molar-refractivity contribution is 7.91. The van der Waals surface area contributed by atoms with E-state index >= 15 is 0 Å². The number of aromatic nitrogens is 1. The van der Waals surface area contributed by atoms with Crippen LogP contribution in [0.5, 0.6) is 0 Å². The average Bonchev–Trinajstić information content (AvgIpc) is 3.01. The molecule has 26 heavy (non-hydrogen) atoms. The van der Waals surface area contributed by atoms with Crippen LogP contribution in [0, 0.1) is 11.3 Å². The molecule has 0 spiro atoms. The number of nitrogens with zero attached hydrogens (tertiary/aromatic N) is 3. The van der Waals surface area contributed by atoms with E-state index < -0.39 is 9.84 Å². The van der Waals surface area contributed by atoms with E-state index in [-0.39, 0.29) is 23.5 Å². The second-order valence-corrected chi connectivity index (χ2v) is 8.47. The van der Waals surface area contributed by atoms with Crippen LogP contribution in [-0.2, 0) is 9.84 Å². The van der Waals surface area contributed by atoms with E-state index in [1.165, 1.54) is 6.20 Å². The molecule has 1 aromatic heterocycles. The van der Waals surface area contributed by atoms with Gasteiger partial charge in [0.1, 0.15) is 0 Å². The lowest BCUT2D eigenvalue weighted by molar-refractivity contribution is 0.102. The summed E-state index contributed by atoms with van der Waals surface area (Å²) in [6.07, 6.45) is 3.64. The number of sulfone groups is 1. The molecule has 1 aliphatic heterocycles. The summed E-state index contributed by atoms with van der Waals surface area (Å²) < 4.78 is 23.3. The van der Waals surface area contributed by atoms with Gasteiger partial charge < -0.3 is 10.2 Å². The summed E-state index contributed by atoms with van der Waals surface area (Å²) >= 11 is 0. The van der Waals surface area contributed by atoms with Crippen molar-refractivity contribution in [3.63, 3.8) is 0 Å². The molecule has 8 heteroatoms. The van der Waals surface area contributed by atoms with Gasteiger partial charge in [-0.15, -0.1) is 0 Å². The maximum atomic E-state index is 12.4. The first-order valence-corrected chi connectivity index (χ1v) is 9.90. The van der Waals surface area contributed by atoms with Crippen LogP contribution in [0.25, 0.3) is 0 Å². The van der Waals surface area contributed by atoms with Crippen molar-refractivity contribution in [3.05, 3.63) is 53.9 Å². The number of hydrogen-bond donors (Lipinski definition) is 1. The average molecular weight is 370 g/mol. The van der Waals surface area contributed by atoms with Crippen LogP contribution in [0.4, 0.5) is 11.4 Å². The first-order chi connectivity index (χ1) is 12.4. The number of anilines is 2. The van der Waals surface area contributed by atoms with E-state index in [2.05, 4.69) is 10.3 Å². The number of carbonyl (C=O) groups is 1. The summed E-state index contributed by atoms with van der Waals surface area (Å²) in [5, 5.41) is 11.6. The molecular weight excluding hydrogens is 352 g/mol. The number of benzene rings is 1. The first-order valence-electron chi connectivity index (χ1n) is 8.08. The van der Waals surface area contributed by atoms with Crippen molar-refractivity contribution in [2.45, 2.75) is 12.5 Å². The second-order valence-electron chi connectivity index (χ2n) is 6.24. The molecule has 0 saturated carbocycles. The van der Waals surface area contributed by atoms with Gasteiger partial charge in [-0.25, -0.2) is 8.42 Å². The Morgan fingerprint density at radius 3 is 2.65 bits per heavy atom. The highest BCUT2D eigenvalue weighted by atomic mass is 32.2. The first kappa shape index (κ1) is 17.9. The van der Waals surface area contributed by atoms with Gasteiger partial charge in [0.2, 0.25) is 0 Å². The fraction of sp³-hybridized carbons (Fsp3) is 0.278. The number of pyridine rings is 1. The Hall–Kier alpha value is -2.92. The summed E-state index contributed by atoms with van der Waals surface area (Å²) in [7, 11) is -1.18. The molecule has 1 unspecified atom stereocenters. The monoisotopic (exact) mass is 370 g/mol. The standard InChI is InChI=1S/C18H18N4O3S/c1-22(16-6-7-26(24,25)12-16)17-8-14(10-20-11-17)18(23)21-15-4-2-13(9-19)3-5-15/h2-5,8,10-11,16H,6-7,12H2,1H3,(H,21,23). The van der Waals surface area contributed by atoms with Gasteiger partial charge in [0.25, 0.3) is 5.91 Å². The molecule has 0 aliphatic carbocycles. The second kappa shape index (κ2) is 7.14. The van der Waals surface area contributed by atoms with Crippen LogP contribution in [0.1, 0.15) is 22.3 Å². The van der Waals surface area contributed by atoms with Gasteiger partial charge in [0.15, 0.2) is 9.84 Å². The minimum atomic E-state index is -2.99. The summed E-state index contributed by atoms with van der Waals surface area (Å²) in [6.45, 7) is 0. The van der Waals surface area contributed by atoms with E-state index in [0.717, 1.165) is 0 Å². The molecule has 134 valence electrons. The van der Waals surface area contributed by atoms with Gasteiger partial charge in [0, 0.05) is 25.0 Å². The van der Waals surface area contributed by atoms with Crippen molar-refractivity contribution in [3.8, 4) is 6.07 Å². The lowest BCUT2D eigenvalue weighted by Gasteiger charge is -2.25. The zero-order chi connectivity index (χ0) is 18.7. The Bertz CT molecular complexity index is 965. The van der Waals surface area contributed by atoms with Crippen LogP contribution >= 0.6 is 0 Å². The smallest absolute Gasteiger partial charge is 0.257 e. The molecule has 1 fully saturated rings. The van der Waals surface area contributed by atoms with Crippen LogP contribution in [0.15, 0.2) is 42.7 Å². The van der Waals surface area contributed by atoms with Crippen molar-refractivity contribution in [2.75, 3.05) is 28.8 Å². The van der Waals surface area contributed by atoms with Crippen LogP contribution in [-0.4, -0.2) is 43.9 Å². The van der Waals surface area contributed by atoms with Gasteiger partial charge in [-0.2, -0.15) is 5.26 Å². The molecule has 7 nitrogen and oxygen atoms in total. The molecular formula is C18H18N4O3S. The number of nitrogens with one attached hydrogen (secondary N) is 1. The Balaban J connectivity index is 1.73. The Morgan fingerprint density at radius 1 is 1.31 bits per heavy atom. The molecule has 0 bridgehead atoms. The van der Waals surface area contributed by atoms with Crippen molar-refractivity contribution < 1.29 is 13.2 Å². The lowest BCUT2D eigenvalue weighted by atomic mass is 10.2. The van der Waals surface area contributed by atoms with Gasteiger partial charge in [-0.1, -0.05) is 0 Å². The van der Waals surface area contributed by atoms with E-state index in [9.17, 15) is 13.2 Å². The topological polar surface area (TPSA) is 103 Å². The van der Waals surface area contributed by atoms with Gasteiger partial charge in [-0.3, -0.25) is 9.78 Å². The molecule has 1 saturated heterocycles. The molecule has 3 rings (SSSR count). The largest absolute Gasteiger partial charge is 0.369 e. The normalized spacial score (nSPS) is 18.1. The Labute approximate surface area is 152 Å². The number of hydrogen-bond acceptors (Lipinski definition) is 6. The maximum absolute atomic E-state index is 12.4. The predicted molar refractivity (Wildman–Crippen MR) is 98.8 cm³/mol. The van der Waals surface area contributed by atoms with Crippen molar-refractivity contribution >= 4 is 27.1 Å². The summed E-state index contributed by atoms with van der Waals surface area (Å²) in [4.78, 5) is 18.4. The fourth-order valence-electron chi connectivity index (χ4n) is 2.87. The quantitative estimate of drug-likeness (QED) is 0.881. The van der Waals surface area contributed by atoms with E-state index in [1.54, 1.807) is 36.5 Å². The number of nitriles is 1. The summed E-state index contributed by atoms with van der Waals surface area (Å²) in [6, 6.07) is 10.2. The molecule has 1 aliphatic rings. The SMILES string of the molecule is CN(c1cncc(C(=O)Nc2ccc(C#N)cc2)c1)C1CCS(=O)(=O)C1. The highest BCUT2D eigenvalue weighted by Gasteiger charge is 2.31. The van der Waals surface area contributed by atoms with Gasteiger partial charge >= 0.3 is 0 Å². The van der Waals surface area contributed by atoms with Crippen LogP contribution in [0.2, 0.25) is 0 Å². The van der Waals surface area contributed by atoms with Gasteiger partial charge in [0.05, 0.1) is 40.6 Å². The zero-order valence-electron chi connectivity index (χ0n) is 14.2. The molecule has 1 N–H and O–H groups in total. The number of rotatable bonds is 4. The minimum absolute atomic E-state index is 0.112.